The molecular weight excluding hydrogens is 681 g/mol. The summed E-state index contributed by atoms with van der Waals surface area (Å²) in [4.78, 5) is 38.7. The molecule has 2 amide bonds. The number of fused-ring (bicyclic) bond motifs is 2. The number of rotatable bonds is 14. The summed E-state index contributed by atoms with van der Waals surface area (Å²) < 4.78 is 6.12. The first kappa shape index (κ1) is 41.9. The van der Waals surface area contributed by atoms with Gasteiger partial charge >= 0.3 is 0 Å². The Morgan fingerprint density at radius 1 is 1.13 bits per heavy atom. The van der Waals surface area contributed by atoms with E-state index in [4.69, 9.17) is 15.3 Å². The zero-order valence-electron chi connectivity index (χ0n) is 34.9. The van der Waals surface area contributed by atoms with E-state index in [0.717, 1.165) is 41.8 Å². The van der Waals surface area contributed by atoms with Crippen molar-refractivity contribution in [2.24, 2.45) is 40.2 Å². The molecule has 0 unspecified atom stereocenters. The molecule has 2 bridgehead atoms. The molecule has 11 nitrogen and oxygen atoms in total. The van der Waals surface area contributed by atoms with Gasteiger partial charge in [0.05, 0.1) is 25.9 Å². The highest BCUT2D eigenvalue weighted by atomic mass is 16.7. The quantitative estimate of drug-likeness (QED) is 0.207. The van der Waals surface area contributed by atoms with Crippen molar-refractivity contribution >= 4 is 17.5 Å². The van der Waals surface area contributed by atoms with Gasteiger partial charge in [-0.25, -0.2) is 0 Å². The number of carbonyl (C=O) groups is 2. The van der Waals surface area contributed by atoms with Gasteiger partial charge in [-0.2, -0.15) is 5.06 Å². The van der Waals surface area contributed by atoms with Crippen LogP contribution >= 0.6 is 0 Å². The lowest BCUT2D eigenvalue weighted by atomic mass is 9.45. The Kier molecular flexibility index (Phi) is 12.8. The zero-order chi connectivity index (χ0) is 39.9. The molecule has 1 saturated heterocycles. The van der Waals surface area contributed by atoms with Gasteiger partial charge in [0.15, 0.2) is 0 Å². The number of nitrogens with one attached hydrogen (secondary N) is 2. The third kappa shape index (κ3) is 8.91. The van der Waals surface area contributed by atoms with Gasteiger partial charge < -0.3 is 36.0 Å². The Morgan fingerprint density at radius 2 is 1.83 bits per heavy atom. The van der Waals surface area contributed by atoms with Crippen LogP contribution in [-0.4, -0.2) is 106 Å². The van der Waals surface area contributed by atoms with E-state index in [9.17, 15) is 14.7 Å². The normalized spacial score (nSPS) is 27.6. The first-order valence-corrected chi connectivity index (χ1v) is 19.8. The number of hydrogen-bond acceptors (Lipinski definition) is 9. The lowest BCUT2D eigenvalue weighted by Gasteiger charge is -2.62. The molecule has 2 aromatic rings. The molecule has 9 atom stereocenters. The Labute approximate surface area is 324 Å². The highest BCUT2D eigenvalue weighted by Crippen LogP contribution is 2.61. The molecule has 6 rings (SSSR count). The van der Waals surface area contributed by atoms with Crippen molar-refractivity contribution < 1.29 is 24.3 Å². The second kappa shape index (κ2) is 16.5. The first-order valence-electron chi connectivity index (χ1n) is 19.8. The fraction of sp³-hybridized carbons (Fsp3) is 0.674. The molecule has 0 spiro atoms. The van der Waals surface area contributed by atoms with E-state index in [1.807, 2.05) is 63.4 Å². The fourth-order valence-corrected chi connectivity index (χ4v) is 9.64. The van der Waals surface area contributed by atoms with Crippen molar-refractivity contribution in [1.82, 2.24) is 20.6 Å². The first-order chi connectivity index (χ1) is 25.2. The summed E-state index contributed by atoms with van der Waals surface area (Å²) in [7, 11) is 9.60. The van der Waals surface area contributed by atoms with E-state index in [1.54, 1.807) is 19.1 Å². The smallest absolute Gasteiger partial charge is 0.251 e. The Morgan fingerprint density at radius 3 is 2.39 bits per heavy atom. The van der Waals surface area contributed by atoms with E-state index < -0.39 is 24.2 Å². The Balaban J connectivity index is 1.45. The van der Waals surface area contributed by atoms with E-state index in [0.29, 0.717) is 34.5 Å². The minimum atomic E-state index is -0.817. The number of methoxy groups -OCH3 is 1. The number of para-hydroxylation sites is 1. The maximum Gasteiger partial charge on any atom is 0.251 e. The monoisotopic (exact) mass is 749 g/mol. The highest BCUT2D eigenvalue weighted by molar-refractivity contribution is 5.97. The molecule has 300 valence electrons. The van der Waals surface area contributed by atoms with Crippen LogP contribution in [0, 0.1) is 34.5 Å². The van der Waals surface area contributed by atoms with Gasteiger partial charge in [0.1, 0.15) is 11.8 Å². The zero-order valence-corrected chi connectivity index (χ0v) is 34.9. The number of nitrogens with zero attached hydrogens (tertiary/aromatic N) is 3. The van der Waals surface area contributed by atoms with E-state index in [-0.39, 0.29) is 42.4 Å². The number of likely N-dealkylation sites (N-methyl/N-ethyl adjacent to an activating group) is 1. The number of hydrogen-bond donors (Lipinski definition) is 4. The van der Waals surface area contributed by atoms with Crippen molar-refractivity contribution in [3.63, 3.8) is 0 Å². The van der Waals surface area contributed by atoms with Gasteiger partial charge in [0.2, 0.25) is 5.91 Å². The molecule has 1 aliphatic heterocycles. The fourth-order valence-electron chi connectivity index (χ4n) is 9.64. The summed E-state index contributed by atoms with van der Waals surface area (Å²) in [6, 6.07) is 11.1. The molecule has 11 heteroatoms. The second-order valence-corrected chi connectivity index (χ2v) is 18.6. The van der Waals surface area contributed by atoms with Gasteiger partial charge in [-0.05, 0) is 92.6 Å². The van der Waals surface area contributed by atoms with E-state index in [1.165, 1.54) is 6.42 Å². The van der Waals surface area contributed by atoms with Gasteiger partial charge in [-0.3, -0.25) is 14.4 Å². The lowest BCUT2D eigenvalue weighted by molar-refractivity contribution is -0.175. The van der Waals surface area contributed by atoms with Crippen LogP contribution in [0.25, 0.3) is 11.1 Å². The number of nitrogens with two attached hydrogens (primary N) is 1. The van der Waals surface area contributed by atoms with E-state index >= 15 is 0 Å². The summed E-state index contributed by atoms with van der Waals surface area (Å²) in [6.07, 6.45) is 1.67. The van der Waals surface area contributed by atoms with Crippen molar-refractivity contribution in [2.75, 3.05) is 53.3 Å². The van der Waals surface area contributed by atoms with Crippen LogP contribution < -0.4 is 26.0 Å². The average molecular weight is 749 g/mol. The number of hydroxylamine groups is 2. The number of amides is 2. The molecule has 0 aromatic heterocycles. The highest BCUT2D eigenvalue weighted by Gasteiger charge is 2.57. The second-order valence-electron chi connectivity index (χ2n) is 18.6. The number of benzene rings is 2. The molecule has 0 radical (unpaired) electrons. The SMILES string of the molecule is COc1c(CN2O[C@@H](CN)[C@@H]([C@H](C)O)[C@H]2C(=O)N[C@H]2C[C@H]3C[C@@H]([C@@H]2C)C3(C)C)cccc1-c1cc(C(=O)N[C@H](CN(C)C)CC(C)(C)C)cc(N(C)C)c1. The summed E-state index contributed by atoms with van der Waals surface area (Å²) in [5.41, 5.74) is 10.4. The molecule has 2 aromatic carbocycles. The standard InChI is InChI=1S/C43H68N6O5/c1-25-34-19-30(43(34,6)7)20-35(25)46-41(52)38-37(26(2)50)36(22-44)54-49(38)23-27-14-13-15-33(39(27)53-12)28-16-29(18-32(17-28)48(10)11)40(51)45-31(24-47(8)9)21-42(3,4)5/h13-18,25-26,30-31,34-38,50H,19-24,44H2,1-12H3,(H,45,51)(H,46,52)/t25-,26-,30+,31-,34-,35-,36-,37+,38-/m0/s1. The molecular formula is C43H68N6O5. The number of anilines is 1. The van der Waals surface area contributed by atoms with Crippen molar-refractivity contribution in [3.05, 3.63) is 47.5 Å². The van der Waals surface area contributed by atoms with Crippen molar-refractivity contribution in [2.45, 2.75) is 105 Å². The minimum Gasteiger partial charge on any atom is -0.496 e. The number of aliphatic hydroxyl groups is 1. The predicted molar refractivity (Wildman–Crippen MR) is 216 cm³/mol. The molecule has 4 aliphatic rings. The van der Waals surface area contributed by atoms with Crippen molar-refractivity contribution in [1.29, 1.82) is 0 Å². The van der Waals surface area contributed by atoms with Gasteiger partial charge in [-0.1, -0.05) is 59.7 Å². The molecule has 5 N–H and O–H groups in total. The third-order valence-electron chi connectivity index (χ3n) is 12.5. The summed E-state index contributed by atoms with van der Waals surface area (Å²) in [6.45, 7) is 16.4. The van der Waals surface area contributed by atoms with Crippen LogP contribution in [-0.2, 0) is 16.2 Å². The number of ether oxygens (including phenoxy) is 1. The van der Waals surface area contributed by atoms with Gasteiger partial charge in [0.25, 0.3) is 5.91 Å². The van der Waals surface area contributed by atoms with Crippen LogP contribution in [0.15, 0.2) is 36.4 Å². The number of carbonyl (C=O) groups excluding carboxylic acids is 2. The van der Waals surface area contributed by atoms with Crippen LogP contribution in [0.2, 0.25) is 0 Å². The van der Waals surface area contributed by atoms with Crippen LogP contribution in [0.5, 0.6) is 5.75 Å². The molecule has 4 fully saturated rings. The van der Waals surface area contributed by atoms with Gasteiger partial charge in [0, 0.05) is 67.6 Å². The maximum atomic E-state index is 14.3. The number of aliphatic hydroxyl groups excluding tert-OH is 1. The summed E-state index contributed by atoms with van der Waals surface area (Å²) >= 11 is 0. The predicted octanol–water partition coefficient (Wildman–Crippen LogP) is 5.15. The Bertz CT molecular complexity index is 1640. The van der Waals surface area contributed by atoms with Crippen molar-refractivity contribution in [3.8, 4) is 16.9 Å². The van der Waals surface area contributed by atoms with Crippen LogP contribution in [0.1, 0.15) is 83.7 Å². The molecule has 54 heavy (non-hydrogen) atoms. The topological polar surface area (TPSA) is 133 Å². The largest absolute Gasteiger partial charge is 0.496 e. The Hall–Kier alpha value is -3.22. The maximum absolute atomic E-state index is 14.3. The lowest BCUT2D eigenvalue weighted by Crippen LogP contribution is -2.62. The molecule has 3 saturated carbocycles. The van der Waals surface area contributed by atoms with Crippen LogP contribution in [0.4, 0.5) is 5.69 Å². The summed E-state index contributed by atoms with van der Waals surface area (Å²) in [5.74, 6) is 1.37. The molecule has 3 aliphatic carbocycles. The van der Waals surface area contributed by atoms with Gasteiger partial charge in [-0.15, -0.1) is 0 Å². The average Bonchev–Trinajstić information content (AvgIpc) is 3.46. The minimum absolute atomic E-state index is 0.0240. The molecule has 1 heterocycles. The third-order valence-corrected chi connectivity index (χ3v) is 12.5. The van der Waals surface area contributed by atoms with Crippen LogP contribution in [0.3, 0.4) is 0 Å². The van der Waals surface area contributed by atoms with E-state index in [2.05, 4.69) is 63.1 Å². The summed E-state index contributed by atoms with van der Waals surface area (Å²) in [5, 5.41) is 19.4.